The number of piperidine rings is 1. The van der Waals surface area contributed by atoms with Gasteiger partial charge in [0.05, 0.1) is 6.61 Å². The van der Waals surface area contributed by atoms with Crippen LogP contribution in [0.2, 0.25) is 0 Å². The summed E-state index contributed by atoms with van der Waals surface area (Å²) >= 11 is 0. The zero-order chi connectivity index (χ0) is 8.27. The summed E-state index contributed by atoms with van der Waals surface area (Å²) in [4.78, 5) is 2.12. The van der Waals surface area contributed by atoms with Crippen molar-refractivity contribution in [3.05, 3.63) is 0 Å². The molecule has 1 heterocycles. The molecule has 1 saturated heterocycles. The van der Waals surface area contributed by atoms with Gasteiger partial charge in [0.15, 0.2) is 0 Å². The van der Waals surface area contributed by atoms with Gasteiger partial charge in [-0.2, -0.15) is 0 Å². The van der Waals surface area contributed by atoms with Crippen LogP contribution in [-0.4, -0.2) is 42.9 Å². The zero-order valence-corrected chi connectivity index (χ0v) is 6.96. The monoisotopic (exact) mass is 161 g/mol. The molecular weight excluding hydrogens is 145 g/mol. The predicted octanol–water partition coefficient (Wildman–Crippen LogP) is 0.659. The van der Waals surface area contributed by atoms with Crippen molar-refractivity contribution in [2.75, 3.05) is 26.7 Å². The van der Waals surface area contributed by atoms with Crippen molar-refractivity contribution in [3.63, 3.8) is 0 Å². The largest absolute Gasteiger partial charge is 0.393 e. The van der Waals surface area contributed by atoms with Gasteiger partial charge in [-0.05, 0) is 26.4 Å². The van der Waals surface area contributed by atoms with Crippen LogP contribution in [0.1, 0.15) is 12.8 Å². The minimum absolute atomic E-state index is 0.0544. The highest BCUT2D eigenvalue weighted by Gasteiger charge is 2.24. The number of nitrogens with zero attached hydrogens (tertiary/aromatic N) is 1. The lowest BCUT2D eigenvalue weighted by atomic mass is 9.94. The van der Waals surface area contributed by atoms with Gasteiger partial charge in [0.1, 0.15) is 6.17 Å². The first-order valence-corrected chi connectivity index (χ1v) is 4.17. The quantitative estimate of drug-likeness (QED) is 0.643. The van der Waals surface area contributed by atoms with Crippen LogP contribution in [0, 0.1) is 5.92 Å². The molecule has 0 aliphatic carbocycles. The molecule has 0 aromatic heterocycles. The molecule has 2 atom stereocenters. The van der Waals surface area contributed by atoms with Gasteiger partial charge in [-0.3, -0.25) is 0 Å². The highest BCUT2D eigenvalue weighted by molar-refractivity contribution is 4.76. The van der Waals surface area contributed by atoms with Gasteiger partial charge >= 0.3 is 0 Å². The normalized spacial score (nSPS) is 30.3. The van der Waals surface area contributed by atoms with E-state index in [0.717, 1.165) is 25.9 Å². The standard InChI is InChI=1S/C8H16FNO/c1-10-4-2-3-7(5-10)8(9)6-11/h7-8,11H,2-6H2,1H3. The van der Waals surface area contributed by atoms with E-state index < -0.39 is 6.17 Å². The maximum absolute atomic E-state index is 12.9. The Bertz CT molecular complexity index is 121. The smallest absolute Gasteiger partial charge is 0.127 e. The third-order valence-corrected chi connectivity index (χ3v) is 2.35. The number of hydrogen-bond donors (Lipinski definition) is 1. The number of alkyl halides is 1. The van der Waals surface area contributed by atoms with E-state index in [2.05, 4.69) is 4.90 Å². The Balaban J connectivity index is 2.33. The van der Waals surface area contributed by atoms with Gasteiger partial charge in [-0.1, -0.05) is 0 Å². The molecule has 3 heteroatoms. The van der Waals surface area contributed by atoms with Crippen molar-refractivity contribution < 1.29 is 9.50 Å². The number of rotatable bonds is 2. The summed E-state index contributed by atoms with van der Waals surface area (Å²) in [6.45, 7) is 1.54. The Morgan fingerprint density at radius 1 is 1.73 bits per heavy atom. The van der Waals surface area contributed by atoms with Crippen LogP contribution < -0.4 is 0 Å². The van der Waals surface area contributed by atoms with Gasteiger partial charge in [0.2, 0.25) is 0 Å². The summed E-state index contributed by atoms with van der Waals surface area (Å²) in [5.41, 5.74) is 0. The van der Waals surface area contributed by atoms with Crippen LogP contribution in [-0.2, 0) is 0 Å². The van der Waals surface area contributed by atoms with E-state index in [0.29, 0.717) is 0 Å². The van der Waals surface area contributed by atoms with E-state index >= 15 is 0 Å². The molecule has 1 N–H and O–H groups in total. The van der Waals surface area contributed by atoms with Crippen LogP contribution in [0.5, 0.6) is 0 Å². The first-order valence-electron chi connectivity index (χ1n) is 4.17. The molecule has 11 heavy (non-hydrogen) atoms. The van der Waals surface area contributed by atoms with Crippen molar-refractivity contribution in [1.82, 2.24) is 4.90 Å². The number of aliphatic hydroxyl groups is 1. The second-order valence-corrected chi connectivity index (χ2v) is 3.36. The first kappa shape index (κ1) is 8.94. The fourth-order valence-electron chi connectivity index (χ4n) is 1.65. The maximum Gasteiger partial charge on any atom is 0.127 e. The fraction of sp³-hybridized carbons (Fsp3) is 1.00. The van der Waals surface area contributed by atoms with Crippen LogP contribution in [0.4, 0.5) is 4.39 Å². The number of likely N-dealkylation sites (tertiary alicyclic amines) is 1. The summed E-state index contributed by atoms with van der Waals surface area (Å²) in [5, 5.41) is 8.58. The van der Waals surface area contributed by atoms with Crippen molar-refractivity contribution in [2.45, 2.75) is 19.0 Å². The Labute approximate surface area is 67.0 Å². The first-order chi connectivity index (χ1) is 5.24. The van der Waals surface area contributed by atoms with Crippen molar-refractivity contribution in [2.24, 2.45) is 5.92 Å². The molecule has 66 valence electrons. The number of aliphatic hydroxyl groups excluding tert-OH is 1. The Morgan fingerprint density at radius 2 is 2.45 bits per heavy atom. The van der Waals surface area contributed by atoms with Gasteiger partial charge in [-0.25, -0.2) is 4.39 Å². The molecule has 0 amide bonds. The molecular formula is C8H16FNO. The molecule has 0 bridgehead atoms. The van der Waals surface area contributed by atoms with Crippen molar-refractivity contribution in [3.8, 4) is 0 Å². The molecule has 1 rings (SSSR count). The molecule has 2 nitrogen and oxygen atoms in total. The van der Waals surface area contributed by atoms with E-state index in [1.807, 2.05) is 7.05 Å². The second-order valence-electron chi connectivity index (χ2n) is 3.36. The lowest BCUT2D eigenvalue weighted by molar-refractivity contribution is 0.0786. The summed E-state index contributed by atoms with van der Waals surface area (Å²) in [6, 6.07) is 0. The second kappa shape index (κ2) is 4.02. The minimum atomic E-state index is -1.02. The summed E-state index contributed by atoms with van der Waals surface area (Å²) in [7, 11) is 2.00. The van der Waals surface area contributed by atoms with Crippen molar-refractivity contribution >= 4 is 0 Å². The average molecular weight is 161 g/mol. The van der Waals surface area contributed by atoms with Gasteiger partial charge in [0.25, 0.3) is 0 Å². The SMILES string of the molecule is CN1CCCC(C(F)CO)C1. The molecule has 1 aliphatic rings. The lowest BCUT2D eigenvalue weighted by Crippen LogP contribution is -2.37. The fourth-order valence-corrected chi connectivity index (χ4v) is 1.65. The van der Waals surface area contributed by atoms with Crippen LogP contribution in [0.3, 0.4) is 0 Å². The van der Waals surface area contributed by atoms with Crippen LogP contribution in [0.15, 0.2) is 0 Å². The molecule has 0 aromatic carbocycles. The van der Waals surface area contributed by atoms with Crippen molar-refractivity contribution in [1.29, 1.82) is 0 Å². The predicted molar refractivity (Wildman–Crippen MR) is 42.2 cm³/mol. The molecule has 2 unspecified atom stereocenters. The van der Waals surface area contributed by atoms with E-state index in [9.17, 15) is 4.39 Å². The highest BCUT2D eigenvalue weighted by atomic mass is 19.1. The van der Waals surface area contributed by atoms with Gasteiger partial charge < -0.3 is 10.0 Å². The van der Waals surface area contributed by atoms with Gasteiger partial charge in [0, 0.05) is 12.5 Å². The summed E-state index contributed by atoms with van der Waals surface area (Å²) in [6.07, 6.45) is 0.964. The van der Waals surface area contributed by atoms with E-state index in [-0.39, 0.29) is 12.5 Å². The van der Waals surface area contributed by atoms with E-state index in [1.54, 1.807) is 0 Å². The molecule has 1 aliphatic heterocycles. The Kier molecular flexibility index (Phi) is 3.27. The molecule has 0 saturated carbocycles. The average Bonchev–Trinajstić information content (AvgIpc) is 2.03. The number of hydrogen-bond acceptors (Lipinski definition) is 2. The topological polar surface area (TPSA) is 23.5 Å². The van der Waals surface area contributed by atoms with Crippen LogP contribution in [0.25, 0.3) is 0 Å². The molecule has 0 radical (unpaired) electrons. The third kappa shape index (κ3) is 2.42. The summed E-state index contributed by atoms with van der Waals surface area (Å²) < 4.78 is 12.9. The molecule has 1 fully saturated rings. The molecule has 0 spiro atoms. The van der Waals surface area contributed by atoms with Crippen LogP contribution >= 0.6 is 0 Å². The number of halogens is 1. The molecule has 0 aromatic rings. The van der Waals surface area contributed by atoms with Gasteiger partial charge in [-0.15, -0.1) is 0 Å². The Morgan fingerprint density at radius 3 is 3.00 bits per heavy atom. The maximum atomic E-state index is 12.9. The third-order valence-electron chi connectivity index (χ3n) is 2.35. The summed E-state index contributed by atoms with van der Waals surface area (Å²) in [5.74, 6) is 0.0544. The minimum Gasteiger partial charge on any atom is -0.393 e. The lowest BCUT2D eigenvalue weighted by Gasteiger charge is -2.30. The van der Waals surface area contributed by atoms with E-state index in [1.165, 1.54) is 0 Å². The Hall–Kier alpha value is -0.150. The highest BCUT2D eigenvalue weighted by Crippen LogP contribution is 2.20. The van der Waals surface area contributed by atoms with E-state index in [4.69, 9.17) is 5.11 Å². The zero-order valence-electron chi connectivity index (χ0n) is 6.96.